The van der Waals surface area contributed by atoms with E-state index in [1.807, 2.05) is 0 Å². The number of rotatable bonds is 4. The lowest BCUT2D eigenvalue weighted by Crippen LogP contribution is -2.52. The van der Waals surface area contributed by atoms with Gasteiger partial charge in [0, 0.05) is 6.42 Å². The molecule has 0 bridgehead atoms. The zero-order valence-corrected chi connectivity index (χ0v) is 7.98. The topological polar surface area (TPSA) is 83.5 Å². The molecule has 0 saturated carbocycles. The molecule has 0 saturated heterocycles. The van der Waals surface area contributed by atoms with Crippen LogP contribution in [-0.4, -0.2) is 28.4 Å². The summed E-state index contributed by atoms with van der Waals surface area (Å²) < 4.78 is 12.5. The molecule has 0 amide bonds. The first-order chi connectivity index (χ1) is 6.98. The van der Waals surface area contributed by atoms with E-state index in [1.54, 1.807) is 0 Å². The second-order valence-corrected chi connectivity index (χ2v) is 3.44. The number of hydrogen-bond acceptors (Lipinski definition) is 3. The first-order valence-electron chi connectivity index (χ1n) is 4.34. The molecule has 1 aromatic rings. The predicted octanol–water partition coefficient (Wildman–Crippen LogP) is 0.686. The molecule has 1 atom stereocenters. The lowest BCUT2D eigenvalue weighted by molar-refractivity contribution is -0.143. The van der Waals surface area contributed by atoms with Gasteiger partial charge in [-0.05, 0) is 17.7 Å². The quantitative estimate of drug-likeness (QED) is 0.687. The summed E-state index contributed by atoms with van der Waals surface area (Å²) in [5.41, 5.74) is 4.05. The van der Waals surface area contributed by atoms with Crippen molar-refractivity contribution in [2.45, 2.75) is 12.0 Å². The van der Waals surface area contributed by atoms with Crippen LogP contribution in [0.5, 0.6) is 5.75 Å². The Bertz CT molecular complexity index is 352. The van der Waals surface area contributed by atoms with Gasteiger partial charge in [-0.2, -0.15) is 0 Å². The zero-order valence-electron chi connectivity index (χ0n) is 7.98. The molecule has 82 valence electrons. The average molecular weight is 213 g/mol. The minimum atomic E-state index is -1.89. The van der Waals surface area contributed by atoms with E-state index >= 15 is 0 Å². The van der Waals surface area contributed by atoms with Gasteiger partial charge in [-0.15, -0.1) is 0 Å². The molecule has 0 spiro atoms. The Hall–Kier alpha value is -1.62. The molecule has 0 fully saturated rings. The summed E-state index contributed by atoms with van der Waals surface area (Å²) in [4.78, 5) is 10.7. The minimum Gasteiger partial charge on any atom is -0.508 e. The van der Waals surface area contributed by atoms with Crippen molar-refractivity contribution < 1.29 is 19.4 Å². The van der Waals surface area contributed by atoms with Crippen molar-refractivity contribution in [1.29, 1.82) is 0 Å². The maximum Gasteiger partial charge on any atom is 0.326 e. The van der Waals surface area contributed by atoms with Crippen LogP contribution in [0.2, 0.25) is 0 Å². The number of hydrogen-bond donors (Lipinski definition) is 3. The van der Waals surface area contributed by atoms with Crippen LogP contribution < -0.4 is 5.73 Å². The molecule has 0 aliphatic carbocycles. The van der Waals surface area contributed by atoms with Gasteiger partial charge in [0.25, 0.3) is 0 Å². The molecule has 4 nitrogen and oxygen atoms in total. The van der Waals surface area contributed by atoms with Crippen LogP contribution in [0.4, 0.5) is 4.39 Å². The van der Waals surface area contributed by atoms with Gasteiger partial charge in [0.2, 0.25) is 0 Å². The molecule has 15 heavy (non-hydrogen) atoms. The highest BCUT2D eigenvalue weighted by Gasteiger charge is 2.34. The minimum absolute atomic E-state index is 0.0666. The van der Waals surface area contributed by atoms with Gasteiger partial charge in [0.1, 0.15) is 18.0 Å². The van der Waals surface area contributed by atoms with Crippen molar-refractivity contribution in [3.8, 4) is 5.75 Å². The molecule has 1 rings (SSSR count). The fraction of sp³-hybridized carbons (Fsp3) is 0.300. The fourth-order valence-electron chi connectivity index (χ4n) is 1.16. The highest BCUT2D eigenvalue weighted by Crippen LogP contribution is 2.15. The number of carboxylic acid groups (broad SMARTS) is 1. The number of benzene rings is 1. The van der Waals surface area contributed by atoms with Gasteiger partial charge in [0.05, 0.1) is 0 Å². The standard InChI is InChI=1S/C10H12FNO3/c11-6-10(12,9(14)15)5-7-1-3-8(13)4-2-7/h1-4,13H,5-6,12H2,(H,14,15)/t10-/m0/s1. The monoisotopic (exact) mass is 213 g/mol. The summed E-state index contributed by atoms with van der Waals surface area (Å²) in [5.74, 6) is -1.31. The summed E-state index contributed by atoms with van der Waals surface area (Å²) in [6.45, 7) is -1.14. The number of carbonyl (C=O) groups is 1. The zero-order chi connectivity index (χ0) is 11.5. The Balaban J connectivity index is 2.84. The van der Waals surface area contributed by atoms with Crippen LogP contribution in [0, 0.1) is 0 Å². The van der Waals surface area contributed by atoms with Crippen LogP contribution in [0.15, 0.2) is 24.3 Å². The van der Waals surface area contributed by atoms with E-state index in [0.717, 1.165) is 0 Å². The number of phenols is 1. The molecule has 0 aliphatic rings. The molecule has 0 aromatic heterocycles. The molecule has 0 heterocycles. The van der Waals surface area contributed by atoms with E-state index < -0.39 is 18.2 Å². The van der Waals surface area contributed by atoms with Crippen molar-refractivity contribution in [2.24, 2.45) is 5.73 Å². The maximum atomic E-state index is 12.5. The number of phenolic OH excluding ortho intramolecular Hbond substituents is 1. The van der Waals surface area contributed by atoms with Crippen molar-refractivity contribution in [2.75, 3.05) is 6.67 Å². The molecule has 0 aliphatic heterocycles. The van der Waals surface area contributed by atoms with Crippen molar-refractivity contribution in [3.63, 3.8) is 0 Å². The number of halogens is 1. The molecule has 5 heteroatoms. The Morgan fingerprint density at radius 1 is 1.40 bits per heavy atom. The summed E-state index contributed by atoms with van der Waals surface area (Å²) in [7, 11) is 0. The third kappa shape index (κ3) is 2.66. The first kappa shape index (κ1) is 11.5. The average Bonchev–Trinajstić information content (AvgIpc) is 2.21. The van der Waals surface area contributed by atoms with Gasteiger partial charge in [-0.25, -0.2) is 4.39 Å². The molecule has 0 radical (unpaired) electrons. The normalized spacial score (nSPS) is 14.5. The number of carboxylic acids is 1. The Kier molecular flexibility index (Phi) is 3.26. The molecule has 0 unspecified atom stereocenters. The number of aromatic hydroxyl groups is 1. The summed E-state index contributed by atoms with van der Waals surface area (Å²) in [5, 5.41) is 17.7. The van der Waals surface area contributed by atoms with Gasteiger partial charge >= 0.3 is 5.97 Å². The number of aliphatic carboxylic acids is 1. The molecule has 1 aromatic carbocycles. The number of nitrogens with two attached hydrogens (primary N) is 1. The van der Waals surface area contributed by atoms with Gasteiger partial charge < -0.3 is 15.9 Å². The summed E-state index contributed by atoms with van der Waals surface area (Å²) >= 11 is 0. The predicted molar refractivity (Wildman–Crippen MR) is 52.3 cm³/mol. The van der Waals surface area contributed by atoms with Crippen LogP contribution in [-0.2, 0) is 11.2 Å². The first-order valence-corrected chi connectivity index (χ1v) is 4.34. The second kappa shape index (κ2) is 4.27. The maximum absolute atomic E-state index is 12.5. The molecular weight excluding hydrogens is 201 g/mol. The third-order valence-corrected chi connectivity index (χ3v) is 2.12. The van der Waals surface area contributed by atoms with Crippen molar-refractivity contribution >= 4 is 5.97 Å². The van der Waals surface area contributed by atoms with Crippen LogP contribution in [0.25, 0.3) is 0 Å². The van der Waals surface area contributed by atoms with Gasteiger partial charge in [0.15, 0.2) is 0 Å². The SMILES string of the molecule is N[C@](CF)(Cc1ccc(O)cc1)C(=O)O. The lowest BCUT2D eigenvalue weighted by Gasteiger charge is -2.20. The van der Waals surface area contributed by atoms with Gasteiger partial charge in [-0.1, -0.05) is 12.1 Å². The highest BCUT2D eigenvalue weighted by atomic mass is 19.1. The number of alkyl halides is 1. The second-order valence-electron chi connectivity index (χ2n) is 3.44. The van der Waals surface area contributed by atoms with E-state index in [1.165, 1.54) is 24.3 Å². The van der Waals surface area contributed by atoms with Crippen LogP contribution in [0.1, 0.15) is 5.56 Å². The summed E-state index contributed by atoms with van der Waals surface area (Å²) in [6, 6.07) is 5.82. The van der Waals surface area contributed by atoms with E-state index in [4.69, 9.17) is 15.9 Å². The van der Waals surface area contributed by atoms with E-state index in [-0.39, 0.29) is 12.2 Å². The van der Waals surface area contributed by atoms with Crippen molar-refractivity contribution in [1.82, 2.24) is 0 Å². The summed E-state index contributed by atoms with van der Waals surface area (Å²) in [6.07, 6.45) is -0.112. The van der Waals surface area contributed by atoms with Crippen LogP contribution in [0.3, 0.4) is 0 Å². The van der Waals surface area contributed by atoms with Crippen LogP contribution >= 0.6 is 0 Å². The Morgan fingerprint density at radius 3 is 2.33 bits per heavy atom. The van der Waals surface area contributed by atoms with E-state index in [0.29, 0.717) is 5.56 Å². The van der Waals surface area contributed by atoms with Crippen molar-refractivity contribution in [3.05, 3.63) is 29.8 Å². The highest BCUT2D eigenvalue weighted by molar-refractivity contribution is 5.79. The third-order valence-electron chi connectivity index (χ3n) is 2.12. The van der Waals surface area contributed by atoms with E-state index in [2.05, 4.69) is 0 Å². The Labute approximate surface area is 86.1 Å². The largest absolute Gasteiger partial charge is 0.508 e. The molecule has 4 N–H and O–H groups in total. The van der Waals surface area contributed by atoms with Gasteiger partial charge in [-0.3, -0.25) is 4.79 Å². The fourth-order valence-corrected chi connectivity index (χ4v) is 1.16. The Morgan fingerprint density at radius 2 is 1.93 bits per heavy atom. The van der Waals surface area contributed by atoms with E-state index in [9.17, 15) is 9.18 Å². The lowest BCUT2D eigenvalue weighted by atomic mass is 9.93. The smallest absolute Gasteiger partial charge is 0.326 e. The molecular formula is C10H12FNO3.